The van der Waals surface area contributed by atoms with Crippen LogP contribution in [0.1, 0.15) is 12.6 Å². The van der Waals surface area contributed by atoms with Crippen molar-refractivity contribution in [3.05, 3.63) is 10.2 Å². The first-order chi connectivity index (χ1) is 8.82. The van der Waals surface area contributed by atoms with Crippen molar-refractivity contribution in [3.63, 3.8) is 0 Å². The van der Waals surface area contributed by atoms with Crippen molar-refractivity contribution in [1.82, 2.24) is 14.2 Å². The van der Waals surface area contributed by atoms with E-state index in [1.54, 1.807) is 11.8 Å². The summed E-state index contributed by atoms with van der Waals surface area (Å²) < 4.78 is 26.7. The molecule has 0 unspecified atom stereocenters. The van der Waals surface area contributed by atoms with Crippen molar-refractivity contribution >= 4 is 38.9 Å². The zero-order valence-corrected chi connectivity index (χ0v) is 13.0. The molecule has 0 radical (unpaired) electrons. The molecule has 19 heavy (non-hydrogen) atoms. The third-order valence-corrected chi connectivity index (χ3v) is 6.73. The topological polar surface area (TPSA) is 70.6 Å². The molecule has 6 nitrogen and oxygen atoms in total. The zero-order chi connectivity index (χ0) is 14.2. The van der Waals surface area contributed by atoms with Crippen LogP contribution < -0.4 is 0 Å². The number of piperazine rings is 1. The molecule has 2 rings (SSSR count). The number of aryl methyl sites for hydroxylation is 1. The fourth-order valence-electron chi connectivity index (χ4n) is 1.95. The Bertz CT molecular complexity index is 591. The van der Waals surface area contributed by atoms with E-state index in [1.807, 2.05) is 0 Å². The van der Waals surface area contributed by atoms with Crippen molar-refractivity contribution < 1.29 is 13.2 Å². The number of sulfonamides is 1. The number of halogens is 1. The summed E-state index contributed by atoms with van der Waals surface area (Å²) in [6.45, 7) is 4.55. The predicted octanol–water partition coefficient (Wildman–Crippen LogP) is 0.958. The summed E-state index contributed by atoms with van der Waals surface area (Å²) in [6.07, 6.45) is 0. The highest BCUT2D eigenvalue weighted by Crippen LogP contribution is 2.29. The van der Waals surface area contributed by atoms with Crippen LogP contribution in [-0.4, -0.2) is 54.7 Å². The van der Waals surface area contributed by atoms with E-state index in [2.05, 4.69) is 4.98 Å². The first-order valence-corrected chi connectivity index (χ1v) is 8.34. The Morgan fingerprint density at radius 1 is 1.32 bits per heavy atom. The maximum Gasteiger partial charge on any atom is 0.254 e. The molecular formula is C10H14ClN3O3S2. The van der Waals surface area contributed by atoms with Crippen LogP contribution in [0.5, 0.6) is 0 Å². The van der Waals surface area contributed by atoms with Crippen LogP contribution in [0, 0.1) is 6.92 Å². The maximum atomic E-state index is 12.4. The Hall–Kier alpha value is -0.700. The van der Waals surface area contributed by atoms with Gasteiger partial charge >= 0.3 is 0 Å². The molecule has 0 aliphatic carbocycles. The van der Waals surface area contributed by atoms with E-state index in [9.17, 15) is 13.2 Å². The maximum absolute atomic E-state index is 12.4. The van der Waals surface area contributed by atoms with Gasteiger partial charge in [0.15, 0.2) is 8.68 Å². The standard InChI is InChI=1S/C10H14ClN3O3S2/c1-7-9(18-10(11)12-7)19(16,17)14-5-3-13(4-6-14)8(2)15/h3-6H2,1-2H3. The zero-order valence-electron chi connectivity index (χ0n) is 10.6. The lowest BCUT2D eigenvalue weighted by Crippen LogP contribution is -2.49. The van der Waals surface area contributed by atoms with Crippen LogP contribution >= 0.6 is 22.9 Å². The largest absolute Gasteiger partial charge is 0.340 e. The number of hydrogen-bond acceptors (Lipinski definition) is 5. The lowest BCUT2D eigenvalue weighted by Gasteiger charge is -2.33. The van der Waals surface area contributed by atoms with E-state index in [-0.39, 0.29) is 14.6 Å². The lowest BCUT2D eigenvalue weighted by atomic mass is 10.3. The SMILES string of the molecule is CC(=O)N1CCN(S(=O)(=O)c2sc(Cl)nc2C)CC1. The monoisotopic (exact) mass is 323 g/mol. The number of carbonyl (C=O) groups is 1. The number of thiazole rings is 1. The Labute approximate surface area is 121 Å². The minimum absolute atomic E-state index is 0.0333. The van der Waals surface area contributed by atoms with Gasteiger partial charge in [0.25, 0.3) is 10.0 Å². The summed E-state index contributed by atoms with van der Waals surface area (Å²) in [5.74, 6) is -0.0333. The summed E-state index contributed by atoms with van der Waals surface area (Å²) in [4.78, 5) is 16.8. The van der Waals surface area contributed by atoms with Crippen LogP contribution in [0.3, 0.4) is 0 Å². The molecule has 1 aliphatic heterocycles. The Morgan fingerprint density at radius 2 is 1.89 bits per heavy atom. The van der Waals surface area contributed by atoms with Crippen molar-refractivity contribution in [2.45, 2.75) is 18.1 Å². The molecule has 0 saturated carbocycles. The minimum atomic E-state index is -3.55. The van der Waals surface area contributed by atoms with Crippen LogP contribution in [0.2, 0.25) is 4.47 Å². The molecule has 1 aromatic heterocycles. The molecule has 1 aliphatic rings. The number of hydrogen-bond donors (Lipinski definition) is 0. The molecule has 0 aromatic carbocycles. The van der Waals surface area contributed by atoms with Crippen molar-refractivity contribution in [1.29, 1.82) is 0 Å². The quantitative estimate of drug-likeness (QED) is 0.812. The van der Waals surface area contributed by atoms with Gasteiger partial charge in [0.2, 0.25) is 5.91 Å². The van der Waals surface area contributed by atoms with Gasteiger partial charge in [-0.15, -0.1) is 0 Å². The first-order valence-electron chi connectivity index (χ1n) is 5.71. The van der Waals surface area contributed by atoms with Crippen molar-refractivity contribution in [2.24, 2.45) is 0 Å². The summed E-state index contributed by atoms with van der Waals surface area (Å²) in [7, 11) is -3.55. The van der Waals surface area contributed by atoms with Gasteiger partial charge in [-0.1, -0.05) is 22.9 Å². The summed E-state index contributed by atoms with van der Waals surface area (Å²) in [5, 5.41) is 0. The molecule has 1 aromatic rings. The van der Waals surface area contributed by atoms with Gasteiger partial charge in [-0.25, -0.2) is 13.4 Å². The third-order valence-electron chi connectivity index (χ3n) is 2.99. The number of carbonyl (C=O) groups excluding carboxylic acids is 1. The van der Waals surface area contributed by atoms with Gasteiger partial charge in [-0.3, -0.25) is 4.79 Å². The highest BCUT2D eigenvalue weighted by Gasteiger charge is 2.32. The Morgan fingerprint density at radius 3 is 2.32 bits per heavy atom. The number of nitrogens with zero attached hydrogens (tertiary/aromatic N) is 3. The van der Waals surface area contributed by atoms with E-state index >= 15 is 0 Å². The molecule has 106 valence electrons. The van der Waals surface area contributed by atoms with E-state index in [4.69, 9.17) is 11.6 Å². The summed E-state index contributed by atoms with van der Waals surface area (Å²) in [5.41, 5.74) is 0.420. The van der Waals surface area contributed by atoms with Crippen LogP contribution in [-0.2, 0) is 14.8 Å². The van der Waals surface area contributed by atoms with Crippen molar-refractivity contribution in [2.75, 3.05) is 26.2 Å². The predicted molar refractivity (Wildman–Crippen MR) is 72.9 cm³/mol. The van der Waals surface area contributed by atoms with Gasteiger partial charge in [0, 0.05) is 33.1 Å². The van der Waals surface area contributed by atoms with Gasteiger partial charge in [0.1, 0.15) is 0 Å². The van der Waals surface area contributed by atoms with E-state index in [0.29, 0.717) is 31.9 Å². The van der Waals surface area contributed by atoms with Crippen LogP contribution in [0.4, 0.5) is 0 Å². The smallest absolute Gasteiger partial charge is 0.254 e. The van der Waals surface area contributed by atoms with Gasteiger partial charge in [-0.2, -0.15) is 4.31 Å². The van der Waals surface area contributed by atoms with Gasteiger partial charge in [0.05, 0.1) is 5.69 Å². The van der Waals surface area contributed by atoms with E-state index in [0.717, 1.165) is 11.3 Å². The highest BCUT2D eigenvalue weighted by molar-refractivity contribution is 7.91. The molecule has 1 amide bonds. The molecule has 0 N–H and O–H groups in total. The summed E-state index contributed by atoms with van der Waals surface area (Å²) in [6, 6.07) is 0. The second-order valence-electron chi connectivity index (χ2n) is 4.25. The number of amides is 1. The molecule has 9 heteroatoms. The molecule has 1 fully saturated rings. The lowest BCUT2D eigenvalue weighted by molar-refractivity contribution is -0.129. The average molecular weight is 324 g/mol. The molecule has 0 bridgehead atoms. The van der Waals surface area contributed by atoms with Crippen LogP contribution in [0.25, 0.3) is 0 Å². The molecule has 0 atom stereocenters. The molecular weight excluding hydrogens is 310 g/mol. The Balaban J connectivity index is 2.19. The third kappa shape index (κ3) is 2.91. The fraction of sp³-hybridized carbons (Fsp3) is 0.600. The van der Waals surface area contributed by atoms with Crippen molar-refractivity contribution in [3.8, 4) is 0 Å². The minimum Gasteiger partial charge on any atom is -0.340 e. The highest BCUT2D eigenvalue weighted by atomic mass is 35.5. The number of aromatic nitrogens is 1. The summed E-state index contributed by atoms with van der Waals surface area (Å²) >= 11 is 6.71. The molecule has 1 saturated heterocycles. The Kier molecular flexibility index (Phi) is 4.14. The molecule has 2 heterocycles. The molecule has 0 spiro atoms. The fourth-order valence-corrected chi connectivity index (χ4v) is 5.25. The number of rotatable bonds is 2. The second-order valence-corrected chi connectivity index (χ2v) is 7.96. The average Bonchev–Trinajstić information content (AvgIpc) is 2.69. The van der Waals surface area contributed by atoms with E-state index < -0.39 is 10.0 Å². The van der Waals surface area contributed by atoms with Gasteiger partial charge in [-0.05, 0) is 6.92 Å². The normalized spacial score (nSPS) is 17.7. The van der Waals surface area contributed by atoms with E-state index in [1.165, 1.54) is 11.2 Å². The first kappa shape index (κ1) is 14.7. The second kappa shape index (κ2) is 5.35. The van der Waals surface area contributed by atoms with Crippen LogP contribution in [0.15, 0.2) is 4.21 Å². The van der Waals surface area contributed by atoms with Gasteiger partial charge < -0.3 is 4.90 Å².